The molecule has 1 heterocycles. The molecule has 4 nitrogen and oxygen atoms in total. The predicted molar refractivity (Wildman–Crippen MR) is 42.6 cm³/mol. The van der Waals surface area contributed by atoms with E-state index in [1.54, 1.807) is 25.4 Å². The second-order valence-electron chi connectivity index (χ2n) is 2.06. The Morgan fingerprint density at radius 1 is 1.75 bits per heavy atom. The van der Waals surface area contributed by atoms with Gasteiger partial charge in [-0.05, 0) is 12.1 Å². The molecule has 4 heteroatoms. The molecule has 0 amide bonds. The van der Waals surface area contributed by atoms with Crippen LogP contribution in [0.2, 0.25) is 0 Å². The summed E-state index contributed by atoms with van der Waals surface area (Å²) >= 11 is 0. The molecule has 0 aliphatic heterocycles. The molecule has 0 radical (unpaired) electrons. The summed E-state index contributed by atoms with van der Waals surface area (Å²) in [6.45, 7) is 0.216. The Balaban J connectivity index is 2.88. The van der Waals surface area contributed by atoms with Crippen LogP contribution in [0.15, 0.2) is 23.3 Å². The van der Waals surface area contributed by atoms with E-state index in [0.29, 0.717) is 11.4 Å². The van der Waals surface area contributed by atoms with Crippen LogP contribution in [0.1, 0.15) is 5.69 Å². The lowest BCUT2D eigenvalue weighted by atomic mass is 10.3. The van der Waals surface area contributed by atoms with Gasteiger partial charge in [-0.2, -0.15) is 4.99 Å². The monoisotopic (exact) mass is 164 g/mol. The van der Waals surface area contributed by atoms with Crippen molar-refractivity contribution in [1.29, 1.82) is 0 Å². The van der Waals surface area contributed by atoms with Crippen LogP contribution in [-0.2, 0) is 11.3 Å². The highest BCUT2D eigenvalue weighted by Gasteiger charge is 2.00. The highest BCUT2D eigenvalue weighted by atomic mass is 16.5. The number of hydrogen-bond donors (Lipinski definition) is 0. The van der Waals surface area contributed by atoms with Gasteiger partial charge >= 0.3 is 0 Å². The average molecular weight is 164 g/mol. The summed E-state index contributed by atoms with van der Waals surface area (Å²) in [4.78, 5) is 17.2. The van der Waals surface area contributed by atoms with Crippen molar-refractivity contribution in [2.45, 2.75) is 6.54 Å². The second-order valence-corrected chi connectivity index (χ2v) is 2.06. The quantitative estimate of drug-likeness (QED) is 0.493. The number of aromatic nitrogens is 1. The van der Waals surface area contributed by atoms with Crippen molar-refractivity contribution in [2.24, 2.45) is 4.99 Å². The number of ether oxygens (including phenoxy) is 1. The number of nitrogens with zero attached hydrogens (tertiary/aromatic N) is 2. The summed E-state index contributed by atoms with van der Waals surface area (Å²) < 4.78 is 4.99. The van der Waals surface area contributed by atoms with Gasteiger partial charge in [-0.15, -0.1) is 0 Å². The lowest BCUT2D eigenvalue weighted by molar-refractivity contribution is 0.407. The van der Waals surface area contributed by atoms with Crippen LogP contribution >= 0.6 is 0 Å². The van der Waals surface area contributed by atoms with Gasteiger partial charge < -0.3 is 4.74 Å². The van der Waals surface area contributed by atoms with Crippen LogP contribution in [0.4, 0.5) is 0 Å². The summed E-state index contributed by atoms with van der Waals surface area (Å²) in [7, 11) is 1.55. The fraction of sp³-hybridized carbons (Fsp3) is 0.250. The second kappa shape index (κ2) is 4.26. The molecule has 0 aliphatic rings. The van der Waals surface area contributed by atoms with Crippen molar-refractivity contribution in [1.82, 2.24) is 4.98 Å². The number of methoxy groups -OCH3 is 1. The van der Waals surface area contributed by atoms with Gasteiger partial charge in [-0.1, -0.05) is 0 Å². The molecule has 1 aromatic heterocycles. The summed E-state index contributed by atoms with van der Waals surface area (Å²) in [5.74, 6) is 0.636. The Kier molecular flexibility index (Phi) is 2.99. The minimum absolute atomic E-state index is 0.216. The standard InChI is InChI=1S/C8H8N2O2/c1-12-8-3-2-4-10-7(8)5-9-6-11/h2-4H,5H2,1H3. The molecule has 0 atom stereocenters. The molecule has 0 aromatic carbocycles. The first-order chi connectivity index (χ1) is 5.88. The van der Waals surface area contributed by atoms with E-state index in [9.17, 15) is 4.79 Å². The lowest BCUT2D eigenvalue weighted by Gasteiger charge is -2.02. The van der Waals surface area contributed by atoms with Crippen LogP contribution in [0.3, 0.4) is 0 Å². The fourth-order valence-electron chi connectivity index (χ4n) is 0.835. The zero-order valence-electron chi connectivity index (χ0n) is 6.65. The Hall–Kier alpha value is -1.67. The van der Waals surface area contributed by atoms with Gasteiger partial charge in [-0.25, -0.2) is 4.79 Å². The summed E-state index contributed by atoms with van der Waals surface area (Å²) in [5, 5.41) is 0. The SMILES string of the molecule is COc1cccnc1CN=C=O. The number of carbonyl (C=O) groups excluding carboxylic acids is 1. The normalized spacial score (nSPS) is 8.75. The maximum absolute atomic E-state index is 9.82. The predicted octanol–water partition coefficient (Wildman–Crippen LogP) is 0.926. The maximum Gasteiger partial charge on any atom is 0.235 e. The molecule has 12 heavy (non-hydrogen) atoms. The van der Waals surface area contributed by atoms with Crippen molar-refractivity contribution in [3.8, 4) is 5.75 Å². The summed E-state index contributed by atoms with van der Waals surface area (Å²) in [6, 6.07) is 3.52. The van der Waals surface area contributed by atoms with Gasteiger partial charge in [0.15, 0.2) is 0 Å². The molecule has 0 fully saturated rings. The Morgan fingerprint density at radius 3 is 3.25 bits per heavy atom. The zero-order valence-corrected chi connectivity index (χ0v) is 6.65. The minimum Gasteiger partial charge on any atom is -0.495 e. The topological polar surface area (TPSA) is 51.6 Å². The van der Waals surface area contributed by atoms with Crippen LogP contribution in [-0.4, -0.2) is 18.2 Å². The highest BCUT2D eigenvalue weighted by Crippen LogP contribution is 2.14. The lowest BCUT2D eigenvalue weighted by Crippen LogP contribution is -1.93. The van der Waals surface area contributed by atoms with E-state index in [1.165, 1.54) is 6.08 Å². The van der Waals surface area contributed by atoms with E-state index >= 15 is 0 Å². The maximum atomic E-state index is 9.82. The Morgan fingerprint density at radius 2 is 2.58 bits per heavy atom. The van der Waals surface area contributed by atoms with Crippen LogP contribution < -0.4 is 4.74 Å². The van der Waals surface area contributed by atoms with E-state index in [1.807, 2.05) is 0 Å². The largest absolute Gasteiger partial charge is 0.495 e. The third-order valence-electron chi connectivity index (χ3n) is 1.36. The number of isocyanates is 1. The number of rotatable bonds is 3. The first kappa shape index (κ1) is 8.43. The first-order valence-electron chi connectivity index (χ1n) is 3.40. The van der Waals surface area contributed by atoms with E-state index in [0.717, 1.165) is 0 Å². The molecule has 0 bridgehead atoms. The third-order valence-corrected chi connectivity index (χ3v) is 1.36. The third kappa shape index (κ3) is 1.90. The number of aliphatic imine (C=N–C) groups is 1. The molecule has 0 aliphatic carbocycles. The molecule has 0 spiro atoms. The number of pyridine rings is 1. The van der Waals surface area contributed by atoms with Crippen molar-refractivity contribution >= 4 is 6.08 Å². The van der Waals surface area contributed by atoms with E-state index in [2.05, 4.69) is 9.98 Å². The molecule has 1 aromatic rings. The van der Waals surface area contributed by atoms with E-state index in [-0.39, 0.29) is 6.54 Å². The molecule has 0 saturated carbocycles. The van der Waals surface area contributed by atoms with Gasteiger partial charge in [0.2, 0.25) is 6.08 Å². The van der Waals surface area contributed by atoms with E-state index < -0.39 is 0 Å². The first-order valence-corrected chi connectivity index (χ1v) is 3.40. The van der Waals surface area contributed by atoms with Gasteiger partial charge in [-0.3, -0.25) is 4.98 Å². The minimum atomic E-state index is 0.216. The van der Waals surface area contributed by atoms with Crippen LogP contribution in [0.5, 0.6) is 5.75 Å². The molecule has 0 saturated heterocycles. The Bertz CT molecular complexity index is 306. The van der Waals surface area contributed by atoms with Gasteiger partial charge in [0.05, 0.1) is 13.7 Å². The summed E-state index contributed by atoms with van der Waals surface area (Å²) in [6.07, 6.45) is 3.07. The molecule has 0 N–H and O–H groups in total. The number of hydrogen-bond acceptors (Lipinski definition) is 4. The molecule has 0 unspecified atom stereocenters. The smallest absolute Gasteiger partial charge is 0.235 e. The molecular formula is C8H8N2O2. The zero-order chi connectivity index (χ0) is 8.81. The van der Waals surface area contributed by atoms with Crippen molar-refractivity contribution < 1.29 is 9.53 Å². The Labute approximate surface area is 69.9 Å². The molecule has 62 valence electrons. The molecular weight excluding hydrogens is 156 g/mol. The van der Waals surface area contributed by atoms with Crippen molar-refractivity contribution in [3.05, 3.63) is 24.0 Å². The fourth-order valence-corrected chi connectivity index (χ4v) is 0.835. The average Bonchev–Trinajstić information content (AvgIpc) is 2.15. The van der Waals surface area contributed by atoms with Gasteiger partial charge in [0, 0.05) is 6.20 Å². The highest BCUT2D eigenvalue weighted by molar-refractivity contribution is 5.34. The summed E-state index contributed by atoms with van der Waals surface area (Å²) in [5.41, 5.74) is 0.642. The molecule has 1 rings (SSSR count). The van der Waals surface area contributed by atoms with E-state index in [4.69, 9.17) is 4.74 Å². The van der Waals surface area contributed by atoms with Crippen LogP contribution in [0.25, 0.3) is 0 Å². The van der Waals surface area contributed by atoms with Crippen molar-refractivity contribution in [2.75, 3.05) is 7.11 Å². The van der Waals surface area contributed by atoms with Crippen molar-refractivity contribution in [3.63, 3.8) is 0 Å². The van der Waals surface area contributed by atoms with Gasteiger partial charge in [0.25, 0.3) is 0 Å². The van der Waals surface area contributed by atoms with Crippen LogP contribution in [0, 0.1) is 0 Å². The van der Waals surface area contributed by atoms with Gasteiger partial charge in [0.1, 0.15) is 11.4 Å².